The number of aromatic nitrogens is 1. The van der Waals surface area contributed by atoms with Crippen LogP contribution in [-0.2, 0) is 0 Å². The minimum absolute atomic E-state index is 0.349. The lowest BCUT2D eigenvalue weighted by Gasteiger charge is -2.13. The van der Waals surface area contributed by atoms with Crippen molar-refractivity contribution in [2.24, 2.45) is 0 Å². The third kappa shape index (κ3) is 2.80. The second kappa shape index (κ2) is 4.55. The summed E-state index contributed by atoms with van der Waals surface area (Å²) in [6.07, 6.45) is 1.71. The fraction of sp³-hybridized carbons (Fsp3) is 0.400. The SMILES string of the molecule is CC(=N)c1cnc(Br)cc1NC(C)C. The van der Waals surface area contributed by atoms with Gasteiger partial charge in [0.25, 0.3) is 0 Å². The van der Waals surface area contributed by atoms with Crippen molar-refractivity contribution < 1.29 is 0 Å². The van der Waals surface area contributed by atoms with E-state index in [-0.39, 0.29) is 0 Å². The summed E-state index contributed by atoms with van der Waals surface area (Å²) in [5.74, 6) is 0. The first-order chi connectivity index (χ1) is 6.50. The Morgan fingerprint density at radius 2 is 2.21 bits per heavy atom. The minimum atomic E-state index is 0.349. The molecular formula is C10H14BrN3. The molecule has 1 aromatic rings. The average molecular weight is 256 g/mol. The van der Waals surface area contributed by atoms with Gasteiger partial charge in [0.15, 0.2) is 0 Å². The van der Waals surface area contributed by atoms with Crippen LogP contribution in [0.3, 0.4) is 0 Å². The van der Waals surface area contributed by atoms with Crippen molar-refractivity contribution in [2.75, 3.05) is 5.32 Å². The Morgan fingerprint density at radius 1 is 1.57 bits per heavy atom. The first-order valence-electron chi connectivity index (χ1n) is 4.48. The van der Waals surface area contributed by atoms with Crippen LogP contribution in [0, 0.1) is 5.41 Å². The number of pyridine rings is 1. The zero-order valence-corrected chi connectivity index (χ0v) is 10.1. The van der Waals surface area contributed by atoms with E-state index >= 15 is 0 Å². The van der Waals surface area contributed by atoms with Crippen LogP contribution in [0.2, 0.25) is 0 Å². The normalized spacial score (nSPS) is 10.4. The number of nitrogens with zero attached hydrogens (tertiary/aromatic N) is 1. The minimum Gasteiger partial charge on any atom is -0.382 e. The van der Waals surface area contributed by atoms with E-state index in [2.05, 4.69) is 40.1 Å². The Hall–Kier alpha value is -0.900. The van der Waals surface area contributed by atoms with Gasteiger partial charge in [0, 0.05) is 29.2 Å². The van der Waals surface area contributed by atoms with Crippen molar-refractivity contribution in [3.05, 3.63) is 22.4 Å². The van der Waals surface area contributed by atoms with Crippen molar-refractivity contribution in [3.8, 4) is 0 Å². The molecule has 0 spiro atoms. The summed E-state index contributed by atoms with van der Waals surface area (Å²) >= 11 is 3.31. The Bertz CT molecular complexity index is 347. The highest BCUT2D eigenvalue weighted by Crippen LogP contribution is 2.20. The van der Waals surface area contributed by atoms with Crippen molar-refractivity contribution in [1.29, 1.82) is 5.41 Å². The number of hydrogen-bond donors (Lipinski definition) is 2. The van der Waals surface area contributed by atoms with Gasteiger partial charge in [0.1, 0.15) is 4.60 Å². The quantitative estimate of drug-likeness (QED) is 0.645. The fourth-order valence-electron chi connectivity index (χ4n) is 1.16. The molecule has 0 aliphatic rings. The summed E-state index contributed by atoms with van der Waals surface area (Å²) in [7, 11) is 0. The molecule has 0 aromatic carbocycles. The molecule has 1 rings (SSSR count). The van der Waals surface area contributed by atoms with Gasteiger partial charge in [-0.2, -0.15) is 0 Å². The van der Waals surface area contributed by atoms with Crippen LogP contribution in [0.4, 0.5) is 5.69 Å². The molecule has 4 heteroatoms. The Kier molecular flexibility index (Phi) is 3.63. The molecule has 3 nitrogen and oxygen atoms in total. The molecule has 1 aromatic heterocycles. The molecular weight excluding hydrogens is 242 g/mol. The molecule has 0 bridgehead atoms. The number of anilines is 1. The zero-order chi connectivity index (χ0) is 10.7. The summed E-state index contributed by atoms with van der Waals surface area (Å²) in [4.78, 5) is 4.10. The molecule has 0 saturated heterocycles. The number of rotatable bonds is 3. The van der Waals surface area contributed by atoms with Gasteiger partial charge >= 0.3 is 0 Å². The van der Waals surface area contributed by atoms with Crippen LogP contribution < -0.4 is 5.32 Å². The second-order valence-electron chi connectivity index (χ2n) is 3.48. The van der Waals surface area contributed by atoms with E-state index in [9.17, 15) is 0 Å². The summed E-state index contributed by atoms with van der Waals surface area (Å²) in [6.45, 7) is 5.89. The van der Waals surface area contributed by atoms with Crippen LogP contribution in [-0.4, -0.2) is 16.7 Å². The molecule has 0 saturated carbocycles. The van der Waals surface area contributed by atoms with E-state index in [0.29, 0.717) is 11.8 Å². The molecule has 0 aliphatic heterocycles. The van der Waals surface area contributed by atoms with Gasteiger partial charge in [-0.25, -0.2) is 4.98 Å². The fourth-order valence-corrected chi connectivity index (χ4v) is 1.49. The molecule has 0 radical (unpaired) electrons. The van der Waals surface area contributed by atoms with Crippen molar-refractivity contribution in [2.45, 2.75) is 26.8 Å². The second-order valence-corrected chi connectivity index (χ2v) is 4.29. The molecule has 0 amide bonds. The largest absolute Gasteiger partial charge is 0.382 e. The van der Waals surface area contributed by atoms with Crippen molar-refractivity contribution in [3.63, 3.8) is 0 Å². The average Bonchev–Trinajstić information content (AvgIpc) is 2.01. The van der Waals surface area contributed by atoms with E-state index in [4.69, 9.17) is 5.41 Å². The topological polar surface area (TPSA) is 48.8 Å². The molecule has 76 valence electrons. The van der Waals surface area contributed by atoms with Crippen LogP contribution in [0.1, 0.15) is 26.3 Å². The maximum Gasteiger partial charge on any atom is 0.108 e. The van der Waals surface area contributed by atoms with Crippen molar-refractivity contribution >= 4 is 27.3 Å². The van der Waals surface area contributed by atoms with Crippen LogP contribution in [0.15, 0.2) is 16.9 Å². The molecule has 2 N–H and O–H groups in total. The molecule has 0 fully saturated rings. The maximum absolute atomic E-state index is 7.60. The van der Waals surface area contributed by atoms with E-state index in [1.165, 1.54) is 0 Å². The van der Waals surface area contributed by atoms with Gasteiger partial charge in [-0.1, -0.05) is 0 Å². The first-order valence-corrected chi connectivity index (χ1v) is 5.27. The third-order valence-corrected chi connectivity index (χ3v) is 2.15. The zero-order valence-electron chi connectivity index (χ0n) is 8.56. The van der Waals surface area contributed by atoms with Gasteiger partial charge in [0.2, 0.25) is 0 Å². The lowest BCUT2D eigenvalue weighted by Crippen LogP contribution is -2.13. The van der Waals surface area contributed by atoms with Gasteiger partial charge in [-0.15, -0.1) is 0 Å². The van der Waals surface area contributed by atoms with Crippen LogP contribution >= 0.6 is 15.9 Å². The molecule has 0 aliphatic carbocycles. The predicted octanol–water partition coefficient (Wildman–Crippen LogP) is 3.05. The smallest absolute Gasteiger partial charge is 0.108 e. The van der Waals surface area contributed by atoms with Gasteiger partial charge in [-0.05, 0) is 42.8 Å². The number of halogens is 1. The highest BCUT2D eigenvalue weighted by atomic mass is 79.9. The lowest BCUT2D eigenvalue weighted by atomic mass is 10.1. The molecule has 0 unspecified atom stereocenters. The maximum atomic E-state index is 7.60. The first kappa shape index (κ1) is 11.2. The predicted molar refractivity (Wildman–Crippen MR) is 63.2 cm³/mol. The summed E-state index contributed by atoms with van der Waals surface area (Å²) in [6, 6.07) is 2.25. The van der Waals surface area contributed by atoms with Gasteiger partial charge in [0.05, 0.1) is 0 Å². The summed E-state index contributed by atoms with van der Waals surface area (Å²) in [5, 5.41) is 10.9. The van der Waals surface area contributed by atoms with Crippen LogP contribution in [0.5, 0.6) is 0 Å². The van der Waals surface area contributed by atoms with Crippen LogP contribution in [0.25, 0.3) is 0 Å². The summed E-state index contributed by atoms with van der Waals surface area (Å²) < 4.78 is 0.783. The Balaban J connectivity index is 3.09. The molecule has 1 heterocycles. The van der Waals surface area contributed by atoms with E-state index in [0.717, 1.165) is 15.9 Å². The Morgan fingerprint density at radius 3 is 2.71 bits per heavy atom. The molecule has 14 heavy (non-hydrogen) atoms. The van der Waals surface area contributed by atoms with Crippen molar-refractivity contribution in [1.82, 2.24) is 4.98 Å². The van der Waals surface area contributed by atoms with Gasteiger partial charge in [-0.3, -0.25) is 0 Å². The van der Waals surface area contributed by atoms with Gasteiger partial charge < -0.3 is 10.7 Å². The van der Waals surface area contributed by atoms with E-state index in [1.807, 2.05) is 6.07 Å². The lowest BCUT2D eigenvalue weighted by molar-refractivity contribution is 0.897. The number of nitrogens with one attached hydrogen (secondary N) is 2. The van der Waals surface area contributed by atoms with E-state index < -0.39 is 0 Å². The van der Waals surface area contributed by atoms with E-state index in [1.54, 1.807) is 13.1 Å². The third-order valence-electron chi connectivity index (χ3n) is 1.72. The monoisotopic (exact) mass is 255 g/mol. The molecule has 0 atom stereocenters. The standard InChI is InChI=1S/C10H14BrN3/c1-6(2)14-9-4-10(11)13-5-8(9)7(3)12/h4-6,12H,1-3H3,(H,13,14). The Labute approximate surface area is 92.6 Å². The highest BCUT2D eigenvalue weighted by Gasteiger charge is 2.06. The number of hydrogen-bond acceptors (Lipinski definition) is 3. The highest BCUT2D eigenvalue weighted by molar-refractivity contribution is 9.10. The summed E-state index contributed by atoms with van der Waals surface area (Å²) in [5.41, 5.74) is 2.32.